The monoisotopic (exact) mass is 348 g/mol. The van der Waals surface area contributed by atoms with Crippen LogP contribution in [0.4, 0.5) is 5.88 Å². The van der Waals surface area contributed by atoms with E-state index in [-0.39, 0.29) is 36.7 Å². The van der Waals surface area contributed by atoms with E-state index in [9.17, 15) is 14.9 Å². The minimum Gasteiger partial charge on any atom is -0.444 e. The number of hydrogen-bond acceptors (Lipinski definition) is 6. The molecule has 1 unspecified atom stereocenters. The smallest absolute Gasteiger partial charge is 0.240 e. The van der Waals surface area contributed by atoms with Crippen molar-refractivity contribution < 1.29 is 18.7 Å². The lowest BCUT2D eigenvalue weighted by Gasteiger charge is -2.30. The van der Waals surface area contributed by atoms with Gasteiger partial charge in [0.25, 0.3) is 0 Å². The number of ether oxygens (including phenoxy) is 1. The summed E-state index contributed by atoms with van der Waals surface area (Å²) in [7, 11) is 0. The highest BCUT2D eigenvalue weighted by Gasteiger charge is 2.26. The molecule has 4 N–H and O–H groups in total. The summed E-state index contributed by atoms with van der Waals surface area (Å²) in [5, 5.41) is 14.9. The van der Waals surface area contributed by atoms with E-state index in [0.29, 0.717) is 30.1 Å². The summed E-state index contributed by atoms with van der Waals surface area (Å²) >= 11 is 0. The Hall–Kier alpha value is -2.37. The Labute approximate surface area is 146 Å². The highest BCUT2D eigenvalue weighted by atomic mass is 16.5. The summed E-state index contributed by atoms with van der Waals surface area (Å²) in [4.78, 5) is 23.5. The molecule has 1 fully saturated rings. The van der Waals surface area contributed by atoms with Crippen LogP contribution < -0.4 is 16.4 Å². The van der Waals surface area contributed by atoms with Crippen molar-refractivity contribution in [3.8, 4) is 6.07 Å². The topological polar surface area (TPSA) is 130 Å². The van der Waals surface area contributed by atoms with Crippen molar-refractivity contribution in [1.29, 1.82) is 5.26 Å². The van der Waals surface area contributed by atoms with Gasteiger partial charge >= 0.3 is 0 Å². The number of carbonyl (C=O) groups excluding carboxylic acids is 2. The van der Waals surface area contributed by atoms with Crippen LogP contribution in [0.25, 0.3) is 0 Å². The van der Waals surface area contributed by atoms with Gasteiger partial charge in [-0.25, -0.2) is 0 Å². The maximum absolute atomic E-state index is 12.2. The summed E-state index contributed by atoms with van der Waals surface area (Å²) in [5.74, 6) is 0.229. The fourth-order valence-electron chi connectivity index (χ4n) is 2.98. The predicted octanol–water partition coefficient (Wildman–Crippen LogP) is 0.967. The lowest BCUT2D eigenvalue weighted by Crippen LogP contribution is -2.44. The van der Waals surface area contributed by atoms with E-state index < -0.39 is 5.91 Å². The first-order valence-corrected chi connectivity index (χ1v) is 8.31. The fourth-order valence-corrected chi connectivity index (χ4v) is 2.98. The third kappa shape index (κ3) is 5.05. The molecule has 0 radical (unpaired) electrons. The van der Waals surface area contributed by atoms with E-state index in [1.54, 1.807) is 13.8 Å². The molecule has 0 spiro atoms. The number of nitrogens with one attached hydrogen (secondary N) is 2. The normalized spacial score (nSPS) is 16.2. The minimum absolute atomic E-state index is 0.00102. The average Bonchev–Trinajstić information content (AvgIpc) is 2.85. The Balaban J connectivity index is 1.95. The van der Waals surface area contributed by atoms with Gasteiger partial charge in [-0.2, -0.15) is 5.26 Å². The zero-order valence-electron chi connectivity index (χ0n) is 14.6. The Morgan fingerprint density at radius 3 is 2.64 bits per heavy atom. The summed E-state index contributed by atoms with van der Waals surface area (Å²) in [6, 6.07) is 1.85. The number of aryl methyl sites for hydroxylation is 1. The Morgan fingerprint density at radius 1 is 1.36 bits per heavy atom. The molecule has 2 heterocycles. The van der Waals surface area contributed by atoms with E-state index in [4.69, 9.17) is 14.9 Å². The van der Waals surface area contributed by atoms with Crippen molar-refractivity contribution in [2.24, 2.45) is 11.7 Å². The predicted molar refractivity (Wildman–Crippen MR) is 90.7 cm³/mol. The minimum atomic E-state index is -0.409. The molecule has 8 heteroatoms. The van der Waals surface area contributed by atoms with Crippen LogP contribution in [-0.2, 0) is 14.3 Å². The first-order chi connectivity index (χ1) is 11.9. The molecule has 1 saturated heterocycles. The number of amides is 2. The summed E-state index contributed by atoms with van der Waals surface area (Å²) in [6.45, 7) is 4.78. The third-order valence-electron chi connectivity index (χ3n) is 4.53. The number of rotatable bonds is 7. The standard InChI is InChI=1S/C17H24N4O4/c1-10-11(2)25-17(13(10)8-18)21-16(23)9-20-14(7-15(19)22)12-3-5-24-6-4-12/h12,14,20H,3-7,9H2,1-2H3,(H2,19,22)(H,21,23). The highest BCUT2D eigenvalue weighted by molar-refractivity contribution is 5.92. The first-order valence-electron chi connectivity index (χ1n) is 8.31. The molecular weight excluding hydrogens is 324 g/mol. The van der Waals surface area contributed by atoms with Gasteiger partial charge in [-0.15, -0.1) is 0 Å². The van der Waals surface area contributed by atoms with Gasteiger partial charge in [-0.05, 0) is 32.6 Å². The number of nitrogens with two attached hydrogens (primary N) is 1. The van der Waals surface area contributed by atoms with Crippen molar-refractivity contribution >= 4 is 17.7 Å². The van der Waals surface area contributed by atoms with Crippen molar-refractivity contribution in [3.63, 3.8) is 0 Å². The van der Waals surface area contributed by atoms with E-state index in [1.807, 2.05) is 6.07 Å². The molecule has 1 aromatic rings. The van der Waals surface area contributed by atoms with Crippen LogP contribution in [0.1, 0.15) is 36.1 Å². The second-order valence-corrected chi connectivity index (χ2v) is 6.25. The number of primary amides is 1. The molecule has 1 aliphatic heterocycles. The van der Waals surface area contributed by atoms with E-state index in [0.717, 1.165) is 12.8 Å². The summed E-state index contributed by atoms with van der Waals surface area (Å²) < 4.78 is 10.8. The number of carbonyl (C=O) groups is 2. The van der Waals surface area contributed by atoms with Gasteiger partial charge in [0.2, 0.25) is 17.7 Å². The van der Waals surface area contributed by atoms with Gasteiger partial charge in [0.15, 0.2) is 0 Å². The molecule has 2 rings (SSSR count). The molecule has 0 aliphatic carbocycles. The summed E-state index contributed by atoms with van der Waals surface area (Å²) in [6.07, 6.45) is 1.81. The summed E-state index contributed by atoms with van der Waals surface area (Å²) in [5.41, 5.74) is 6.36. The molecule has 2 amide bonds. The molecule has 1 atom stereocenters. The van der Waals surface area contributed by atoms with Gasteiger partial charge in [-0.1, -0.05) is 0 Å². The quantitative estimate of drug-likeness (QED) is 0.673. The number of anilines is 1. The van der Waals surface area contributed by atoms with Crippen LogP contribution in [0.3, 0.4) is 0 Å². The van der Waals surface area contributed by atoms with Crippen LogP contribution in [0.15, 0.2) is 4.42 Å². The Bertz CT molecular complexity index is 671. The van der Waals surface area contributed by atoms with Crippen LogP contribution >= 0.6 is 0 Å². The zero-order chi connectivity index (χ0) is 18.4. The molecule has 1 aliphatic rings. The highest BCUT2D eigenvalue weighted by Crippen LogP contribution is 2.25. The van der Waals surface area contributed by atoms with Gasteiger partial charge < -0.3 is 20.2 Å². The molecule has 1 aromatic heterocycles. The Kier molecular flexibility index (Phi) is 6.56. The van der Waals surface area contributed by atoms with Crippen molar-refractivity contribution in [1.82, 2.24) is 5.32 Å². The van der Waals surface area contributed by atoms with E-state index in [1.165, 1.54) is 0 Å². The fraction of sp³-hybridized carbons (Fsp3) is 0.588. The molecule has 25 heavy (non-hydrogen) atoms. The van der Waals surface area contributed by atoms with Gasteiger partial charge in [0, 0.05) is 31.2 Å². The van der Waals surface area contributed by atoms with E-state index in [2.05, 4.69) is 10.6 Å². The van der Waals surface area contributed by atoms with E-state index >= 15 is 0 Å². The molecule has 0 aromatic carbocycles. The van der Waals surface area contributed by atoms with Crippen LogP contribution in [0, 0.1) is 31.1 Å². The SMILES string of the molecule is Cc1oc(NC(=O)CNC(CC(N)=O)C2CCOCC2)c(C#N)c1C. The molecular formula is C17H24N4O4. The first kappa shape index (κ1) is 19.0. The number of nitrogens with zero attached hydrogens (tertiary/aromatic N) is 1. The van der Waals surface area contributed by atoms with Crippen LogP contribution in [0.2, 0.25) is 0 Å². The van der Waals surface area contributed by atoms with Crippen molar-refractivity contribution in [2.45, 2.75) is 39.2 Å². The largest absolute Gasteiger partial charge is 0.444 e. The second kappa shape index (κ2) is 8.65. The lowest BCUT2D eigenvalue weighted by molar-refractivity contribution is -0.120. The number of furan rings is 1. The number of nitriles is 1. The van der Waals surface area contributed by atoms with Crippen LogP contribution in [0.5, 0.6) is 0 Å². The van der Waals surface area contributed by atoms with Gasteiger partial charge in [0.05, 0.1) is 6.54 Å². The number of hydrogen-bond donors (Lipinski definition) is 3. The maximum Gasteiger partial charge on any atom is 0.240 e. The van der Waals surface area contributed by atoms with Crippen LogP contribution in [-0.4, -0.2) is 37.6 Å². The molecule has 0 saturated carbocycles. The molecule has 0 bridgehead atoms. The Morgan fingerprint density at radius 2 is 2.04 bits per heavy atom. The maximum atomic E-state index is 12.2. The molecule has 136 valence electrons. The second-order valence-electron chi connectivity index (χ2n) is 6.25. The van der Waals surface area contributed by atoms with Crippen molar-refractivity contribution in [2.75, 3.05) is 25.1 Å². The average molecular weight is 348 g/mol. The van der Waals surface area contributed by atoms with Gasteiger partial charge in [0.1, 0.15) is 17.4 Å². The zero-order valence-corrected chi connectivity index (χ0v) is 14.6. The van der Waals surface area contributed by atoms with Gasteiger partial charge in [-0.3, -0.25) is 14.9 Å². The third-order valence-corrected chi connectivity index (χ3v) is 4.53. The lowest BCUT2D eigenvalue weighted by atomic mass is 9.89. The molecule has 8 nitrogen and oxygen atoms in total. The van der Waals surface area contributed by atoms with Crippen molar-refractivity contribution in [3.05, 3.63) is 16.9 Å².